The molecular formula is C23H20N4O5. The van der Waals surface area contributed by atoms with E-state index in [1.54, 1.807) is 33.8 Å². The van der Waals surface area contributed by atoms with Crippen molar-refractivity contribution in [3.05, 3.63) is 82.5 Å². The molecule has 0 atom stereocenters. The van der Waals surface area contributed by atoms with E-state index in [2.05, 4.69) is 10.3 Å². The smallest absolute Gasteiger partial charge is 0.349 e. The molecule has 0 radical (unpaired) electrons. The molecule has 2 aromatic carbocycles. The predicted molar refractivity (Wildman–Crippen MR) is 115 cm³/mol. The number of nitrogens with zero attached hydrogens (tertiary/aromatic N) is 4. The van der Waals surface area contributed by atoms with Crippen LogP contribution in [0.25, 0.3) is 11.0 Å². The van der Waals surface area contributed by atoms with Gasteiger partial charge in [-0.2, -0.15) is 0 Å². The quantitative estimate of drug-likeness (QED) is 0.432. The molecule has 1 aliphatic rings. The summed E-state index contributed by atoms with van der Waals surface area (Å²) in [7, 11) is 1.50. The van der Waals surface area contributed by atoms with Crippen molar-refractivity contribution in [3.8, 4) is 11.5 Å². The molecule has 4 aromatic rings. The summed E-state index contributed by atoms with van der Waals surface area (Å²) >= 11 is 0. The number of carbonyl (C=O) groups excluding carboxylic acids is 1. The van der Waals surface area contributed by atoms with E-state index in [4.69, 9.17) is 13.9 Å². The van der Waals surface area contributed by atoms with Crippen LogP contribution < -0.4 is 15.1 Å². The number of ether oxygens (including phenoxy) is 2. The minimum atomic E-state index is -0.684. The molecule has 0 spiro atoms. The highest BCUT2D eigenvalue weighted by atomic mass is 16.5. The van der Waals surface area contributed by atoms with Gasteiger partial charge in [0.1, 0.15) is 23.6 Å². The Labute approximate surface area is 182 Å². The number of amides is 1. The molecule has 2 aromatic heterocycles. The minimum Gasteiger partial charge on any atom is -0.493 e. The number of likely N-dealkylation sites (tertiary alicyclic amines) is 1. The number of hydrogen-bond acceptors (Lipinski definition) is 7. The van der Waals surface area contributed by atoms with E-state index < -0.39 is 5.63 Å². The van der Waals surface area contributed by atoms with Crippen molar-refractivity contribution < 1.29 is 18.7 Å². The van der Waals surface area contributed by atoms with Crippen molar-refractivity contribution in [2.45, 2.75) is 12.6 Å². The Balaban J connectivity index is 1.24. The Morgan fingerprint density at radius 1 is 1.16 bits per heavy atom. The minimum absolute atomic E-state index is 0.000238. The molecule has 3 heterocycles. The van der Waals surface area contributed by atoms with Crippen molar-refractivity contribution in [3.63, 3.8) is 0 Å². The fourth-order valence-corrected chi connectivity index (χ4v) is 3.62. The van der Waals surface area contributed by atoms with Crippen molar-refractivity contribution >= 4 is 16.9 Å². The maximum absolute atomic E-state index is 12.9. The van der Waals surface area contributed by atoms with Gasteiger partial charge in [-0.3, -0.25) is 4.79 Å². The molecule has 1 amide bonds. The molecule has 9 heteroatoms. The average molecular weight is 432 g/mol. The van der Waals surface area contributed by atoms with Gasteiger partial charge < -0.3 is 18.8 Å². The van der Waals surface area contributed by atoms with Gasteiger partial charge in [0.25, 0.3) is 5.91 Å². The number of methoxy groups -OCH3 is 1. The summed E-state index contributed by atoms with van der Waals surface area (Å²) in [4.78, 5) is 26.9. The van der Waals surface area contributed by atoms with Crippen molar-refractivity contribution in [2.24, 2.45) is 0 Å². The zero-order chi connectivity index (χ0) is 22.1. The fourth-order valence-electron chi connectivity index (χ4n) is 3.62. The molecule has 9 nitrogen and oxygen atoms in total. The molecule has 1 saturated heterocycles. The number of rotatable bonds is 6. The van der Waals surface area contributed by atoms with Gasteiger partial charge in [-0.25, -0.2) is 9.48 Å². The lowest BCUT2D eigenvalue weighted by Crippen LogP contribution is -2.51. The summed E-state index contributed by atoms with van der Waals surface area (Å²) in [6.07, 6.45) is 1.81. The summed E-state index contributed by atoms with van der Waals surface area (Å²) in [5.74, 6) is 0.836. The number of aromatic nitrogens is 3. The van der Waals surface area contributed by atoms with Crippen molar-refractivity contribution in [2.75, 3.05) is 20.2 Å². The van der Waals surface area contributed by atoms with E-state index in [0.717, 1.165) is 5.75 Å². The van der Waals surface area contributed by atoms with Crippen molar-refractivity contribution in [1.82, 2.24) is 19.9 Å². The van der Waals surface area contributed by atoms with Gasteiger partial charge in [-0.1, -0.05) is 35.5 Å². The summed E-state index contributed by atoms with van der Waals surface area (Å²) in [6.45, 7) is 1.16. The summed E-state index contributed by atoms with van der Waals surface area (Å²) < 4.78 is 18.0. The maximum atomic E-state index is 12.9. The first-order valence-electron chi connectivity index (χ1n) is 10.1. The fraction of sp³-hybridized carbons (Fsp3) is 0.217. The van der Waals surface area contributed by atoms with E-state index in [1.165, 1.54) is 7.11 Å². The summed E-state index contributed by atoms with van der Waals surface area (Å²) in [6, 6.07) is 16.3. The van der Waals surface area contributed by atoms with E-state index in [9.17, 15) is 9.59 Å². The molecule has 1 aliphatic heterocycles. The molecular weight excluding hydrogens is 412 g/mol. The second-order valence-electron chi connectivity index (χ2n) is 7.48. The van der Waals surface area contributed by atoms with Gasteiger partial charge in [-0.15, -0.1) is 5.10 Å². The second kappa shape index (κ2) is 8.18. The normalized spacial score (nSPS) is 13.7. The molecule has 32 heavy (non-hydrogen) atoms. The van der Waals surface area contributed by atoms with Crippen LogP contribution in [-0.4, -0.2) is 46.0 Å². The lowest BCUT2D eigenvalue weighted by Gasteiger charge is -2.38. The summed E-state index contributed by atoms with van der Waals surface area (Å²) in [5.41, 5.74) is 0.338. The van der Waals surface area contributed by atoms with Crippen LogP contribution in [-0.2, 0) is 6.61 Å². The van der Waals surface area contributed by atoms with E-state index >= 15 is 0 Å². The molecule has 5 rings (SSSR count). The van der Waals surface area contributed by atoms with Crippen LogP contribution in [0.2, 0.25) is 0 Å². The molecule has 0 saturated carbocycles. The van der Waals surface area contributed by atoms with Gasteiger partial charge in [0.15, 0.2) is 11.3 Å². The van der Waals surface area contributed by atoms with Gasteiger partial charge >= 0.3 is 5.63 Å². The van der Waals surface area contributed by atoms with E-state index in [-0.39, 0.29) is 17.5 Å². The zero-order valence-electron chi connectivity index (χ0n) is 17.3. The van der Waals surface area contributed by atoms with Crippen LogP contribution in [0.5, 0.6) is 11.5 Å². The summed E-state index contributed by atoms with van der Waals surface area (Å²) in [5, 5.41) is 8.91. The lowest BCUT2D eigenvalue weighted by molar-refractivity contribution is 0.0494. The van der Waals surface area contributed by atoms with Crippen LogP contribution in [0.1, 0.15) is 22.1 Å². The third-order valence-electron chi connectivity index (χ3n) is 5.39. The van der Waals surface area contributed by atoms with Crippen LogP contribution in [0, 0.1) is 0 Å². The first kappa shape index (κ1) is 19.8. The molecule has 0 bridgehead atoms. The molecule has 0 unspecified atom stereocenters. The van der Waals surface area contributed by atoms with E-state index in [1.807, 2.05) is 36.5 Å². The third-order valence-corrected chi connectivity index (χ3v) is 5.39. The molecule has 162 valence electrons. The lowest BCUT2D eigenvalue weighted by atomic mass is 10.1. The number of carbonyl (C=O) groups is 1. The number of hydrogen-bond donors (Lipinski definition) is 0. The highest BCUT2D eigenvalue weighted by molar-refractivity contribution is 5.97. The van der Waals surface area contributed by atoms with Crippen molar-refractivity contribution in [1.29, 1.82) is 0 Å². The number of benzene rings is 2. The first-order valence-corrected chi connectivity index (χ1v) is 10.1. The van der Waals surface area contributed by atoms with Gasteiger partial charge in [-0.05, 0) is 24.3 Å². The second-order valence-corrected chi connectivity index (χ2v) is 7.48. The monoisotopic (exact) mass is 432 g/mol. The first-order chi connectivity index (χ1) is 15.6. The van der Waals surface area contributed by atoms with Crippen LogP contribution >= 0.6 is 0 Å². The number of fused-ring (bicyclic) bond motifs is 1. The number of para-hydroxylation sites is 2. The highest BCUT2D eigenvalue weighted by Crippen LogP contribution is 2.26. The van der Waals surface area contributed by atoms with Crippen LogP contribution in [0.3, 0.4) is 0 Å². The van der Waals surface area contributed by atoms with Gasteiger partial charge in [0.05, 0.1) is 19.3 Å². The molecule has 1 fully saturated rings. The SMILES string of the molecule is COc1cccc2cc(C(=O)N3CC(n4cc(COc5ccccc5)nn4)C3)c(=O)oc12. The largest absolute Gasteiger partial charge is 0.493 e. The van der Waals surface area contributed by atoms with E-state index in [0.29, 0.717) is 42.1 Å². The Morgan fingerprint density at radius 2 is 1.97 bits per heavy atom. The Kier molecular flexibility index (Phi) is 5.06. The maximum Gasteiger partial charge on any atom is 0.349 e. The molecule has 0 aliphatic carbocycles. The predicted octanol–water partition coefficient (Wildman–Crippen LogP) is 2.67. The Bertz CT molecular complexity index is 1330. The topological polar surface area (TPSA) is 99.7 Å². The third kappa shape index (κ3) is 3.68. The Morgan fingerprint density at radius 3 is 2.75 bits per heavy atom. The van der Waals surface area contributed by atoms with Gasteiger partial charge in [0.2, 0.25) is 0 Å². The van der Waals surface area contributed by atoms with Gasteiger partial charge in [0, 0.05) is 18.5 Å². The van der Waals surface area contributed by atoms with Crippen LogP contribution in [0.15, 0.2) is 70.0 Å². The average Bonchev–Trinajstić information content (AvgIpc) is 3.25. The standard InChI is InChI=1S/C23H20N4O5/c1-30-20-9-5-6-15-10-19(23(29)32-21(15)20)22(28)26-12-17(13-26)27-11-16(24-25-27)14-31-18-7-3-2-4-8-18/h2-11,17H,12-14H2,1H3. The zero-order valence-corrected chi connectivity index (χ0v) is 17.3. The highest BCUT2D eigenvalue weighted by Gasteiger charge is 2.34. The Hall–Kier alpha value is -4.14. The van der Waals surface area contributed by atoms with Crippen LogP contribution in [0.4, 0.5) is 0 Å². The molecule has 0 N–H and O–H groups in total.